The highest BCUT2D eigenvalue weighted by molar-refractivity contribution is 4.99. The summed E-state index contributed by atoms with van der Waals surface area (Å²) in [7, 11) is 0. The number of likely N-dealkylation sites (tertiary alicyclic amines) is 1. The fourth-order valence-electron chi connectivity index (χ4n) is 3.73. The van der Waals surface area contributed by atoms with Gasteiger partial charge >= 0.3 is 0 Å². The summed E-state index contributed by atoms with van der Waals surface area (Å²) in [6.07, 6.45) is 7.52. The van der Waals surface area contributed by atoms with E-state index >= 15 is 0 Å². The molecule has 2 heteroatoms. The Morgan fingerprint density at radius 2 is 1.72 bits per heavy atom. The van der Waals surface area contributed by atoms with Gasteiger partial charge in [-0.3, -0.25) is 4.90 Å². The fourth-order valence-corrected chi connectivity index (χ4v) is 3.73. The zero-order valence-corrected chi connectivity index (χ0v) is 12.2. The van der Waals surface area contributed by atoms with Crippen LogP contribution in [0.1, 0.15) is 46.0 Å². The number of nitrogens with zero attached hydrogens (tertiary/aromatic N) is 1. The SMILES string of the molecule is CC(C)CNCC1CCN(C(C2CC2)C2CC2)C1. The molecule has 0 bridgehead atoms. The molecule has 0 amide bonds. The van der Waals surface area contributed by atoms with E-state index in [4.69, 9.17) is 0 Å². The van der Waals surface area contributed by atoms with Crippen molar-refractivity contribution in [3.63, 3.8) is 0 Å². The molecule has 0 spiro atoms. The molecule has 3 fully saturated rings. The van der Waals surface area contributed by atoms with E-state index in [1.807, 2.05) is 0 Å². The van der Waals surface area contributed by atoms with Gasteiger partial charge in [0.05, 0.1) is 0 Å². The van der Waals surface area contributed by atoms with Gasteiger partial charge in [0.25, 0.3) is 0 Å². The van der Waals surface area contributed by atoms with E-state index in [9.17, 15) is 0 Å². The average molecular weight is 250 g/mol. The van der Waals surface area contributed by atoms with Crippen molar-refractivity contribution in [2.45, 2.75) is 52.0 Å². The minimum Gasteiger partial charge on any atom is -0.316 e. The van der Waals surface area contributed by atoms with Gasteiger partial charge in [0.2, 0.25) is 0 Å². The van der Waals surface area contributed by atoms with E-state index in [2.05, 4.69) is 24.1 Å². The lowest BCUT2D eigenvalue weighted by Gasteiger charge is -2.28. The third-order valence-corrected chi connectivity index (χ3v) is 4.93. The van der Waals surface area contributed by atoms with E-state index in [1.165, 1.54) is 58.3 Å². The third-order valence-electron chi connectivity index (χ3n) is 4.93. The average Bonchev–Trinajstić information content (AvgIpc) is 3.21. The van der Waals surface area contributed by atoms with Gasteiger partial charge in [0.15, 0.2) is 0 Å². The summed E-state index contributed by atoms with van der Waals surface area (Å²) in [6.45, 7) is 9.78. The molecule has 104 valence electrons. The normalized spacial score (nSPS) is 29.7. The Kier molecular flexibility index (Phi) is 3.95. The maximum absolute atomic E-state index is 3.65. The first kappa shape index (κ1) is 12.9. The second-order valence-corrected chi connectivity index (χ2v) is 7.37. The van der Waals surface area contributed by atoms with Crippen LogP contribution in [0.5, 0.6) is 0 Å². The largest absolute Gasteiger partial charge is 0.316 e. The highest BCUT2D eigenvalue weighted by Crippen LogP contribution is 2.48. The fraction of sp³-hybridized carbons (Fsp3) is 1.00. The first-order valence-corrected chi connectivity index (χ1v) is 8.19. The van der Waals surface area contributed by atoms with Gasteiger partial charge < -0.3 is 5.32 Å². The Morgan fingerprint density at radius 3 is 2.28 bits per heavy atom. The van der Waals surface area contributed by atoms with Crippen LogP contribution in [-0.2, 0) is 0 Å². The minimum absolute atomic E-state index is 0.785. The van der Waals surface area contributed by atoms with Crippen molar-refractivity contribution in [2.75, 3.05) is 26.2 Å². The van der Waals surface area contributed by atoms with Crippen LogP contribution < -0.4 is 5.32 Å². The molecule has 2 nitrogen and oxygen atoms in total. The lowest BCUT2D eigenvalue weighted by Crippen LogP contribution is -2.37. The van der Waals surface area contributed by atoms with Crippen LogP contribution in [0.2, 0.25) is 0 Å². The number of hydrogen-bond acceptors (Lipinski definition) is 2. The van der Waals surface area contributed by atoms with Gasteiger partial charge in [-0.1, -0.05) is 13.8 Å². The van der Waals surface area contributed by atoms with Crippen LogP contribution in [0, 0.1) is 23.7 Å². The van der Waals surface area contributed by atoms with E-state index in [-0.39, 0.29) is 0 Å². The Labute approximate surface area is 113 Å². The third kappa shape index (κ3) is 3.27. The zero-order chi connectivity index (χ0) is 12.5. The van der Waals surface area contributed by atoms with Crippen molar-refractivity contribution in [1.82, 2.24) is 10.2 Å². The summed E-state index contributed by atoms with van der Waals surface area (Å²) in [5.41, 5.74) is 0. The monoisotopic (exact) mass is 250 g/mol. The molecule has 1 unspecified atom stereocenters. The van der Waals surface area contributed by atoms with Crippen molar-refractivity contribution in [3.8, 4) is 0 Å². The van der Waals surface area contributed by atoms with Gasteiger partial charge in [0.1, 0.15) is 0 Å². The van der Waals surface area contributed by atoms with E-state index < -0.39 is 0 Å². The molecule has 1 atom stereocenters. The van der Waals surface area contributed by atoms with Gasteiger partial charge in [-0.2, -0.15) is 0 Å². The molecule has 1 heterocycles. The molecule has 18 heavy (non-hydrogen) atoms. The van der Waals surface area contributed by atoms with Gasteiger partial charge in [-0.05, 0) is 75.4 Å². The second kappa shape index (κ2) is 5.50. The number of nitrogens with one attached hydrogen (secondary N) is 1. The Morgan fingerprint density at radius 1 is 1.06 bits per heavy atom. The van der Waals surface area contributed by atoms with Crippen LogP contribution in [-0.4, -0.2) is 37.1 Å². The van der Waals surface area contributed by atoms with Crippen molar-refractivity contribution in [1.29, 1.82) is 0 Å². The summed E-state index contributed by atoms with van der Waals surface area (Å²) >= 11 is 0. The van der Waals surface area contributed by atoms with Crippen molar-refractivity contribution >= 4 is 0 Å². The summed E-state index contributed by atoms with van der Waals surface area (Å²) < 4.78 is 0. The molecule has 1 saturated heterocycles. The number of rotatable bonds is 7. The molecular formula is C16H30N2. The smallest absolute Gasteiger partial charge is 0.0152 e. The van der Waals surface area contributed by atoms with Gasteiger partial charge in [0, 0.05) is 12.6 Å². The van der Waals surface area contributed by atoms with Crippen LogP contribution in [0.3, 0.4) is 0 Å². The molecule has 2 aliphatic carbocycles. The quantitative estimate of drug-likeness (QED) is 0.747. The van der Waals surface area contributed by atoms with Gasteiger partial charge in [-0.25, -0.2) is 0 Å². The number of hydrogen-bond donors (Lipinski definition) is 1. The van der Waals surface area contributed by atoms with Crippen LogP contribution >= 0.6 is 0 Å². The first-order chi connectivity index (χ1) is 8.74. The summed E-state index contributed by atoms with van der Waals surface area (Å²) in [5, 5.41) is 3.65. The second-order valence-electron chi connectivity index (χ2n) is 7.37. The van der Waals surface area contributed by atoms with Crippen molar-refractivity contribution in [3.05, 3.63) is 0 Å². The van der Waals surface area contributed by atoms with Crippen LogP contribution in [0.4, 0.5) is 0 Å². The highest BCUT2D eigenvalue weighted by atomic mass is 15.2. The molecule has 0 aromatic carbocycles. The first-order valence-electron chi connectivity index (χ1n) is 8.19. The van der Waals surface area contributed by atoms with Crippen molar-refractivity contribution in [2.24, 2.45) is 23.7 Å². The standard InChI is InChI=1S/C16H30N2/c1-12(2)9-17-10-13-7-8-18(11-13)16(14-3-4-14)15-5-6-15/h12-17H,3-11H2,1-2H3. The molecular weight excluding hydrogens is 220 g/mol. The Bertz CT molecular complexity index is 256. The molecule has 0 radical (unpaired) electrons. The predicted octanol–water partition coefficient (Wildman–Crippen LogP) is 2.74. The molecule has 2 saturated carbocycles. The molecule has 1 N–H and O–H groups in total. The predicted molar refractivity (Wildman–Crippen MR) is 76.6 cm³/mol. The molecule has 3 rings (SSSR count). The van der Waals surface area contributed by atoms with Crippen molar-refractivity contribution < 1.29 is 0 Å². The summed E-state index contributed by atoms with van der Waals surface area (Å²) in [5.74, 6) is 3.87. The summed E-state index contributed by atoms with van der Waals surface area (Å²) in [6, 6.07) is 0.986. The minimum atomic E-state index is 0.785. The van der Waals surface area contributed by atoms with E-state index in [0.717, 1.165) is 29.7 Å². The highest BCUT2D eigenvalue weighted by Gasteiger charge is 2.45. The Hall–Kier alpha value is -0.0800. The van der Waals surface area contributed by atoms with E-state index in [1.54, 1.807) is 0 Å². The lowest BCUT2D eigenvalue weighted by atomic mass is 10.1. The molecule has 0 aromatic rings. The van der Waals surface area contributed by atoms with Gasteiger partial charge in [-0.15, -0.1) is 0 Å². The maximum atomic E-state index is 3.65. The Balaban J connectivity index is 1.42. The maximum Gasteiger partial charge on any atom is 0.0152 e. The molecule has 1 aliphatic heterocycles. The van der Waals surface area contributed by atoms with Crippen LogP contribution in [0.15, 0.2) is 0 Å². The summed E-state index contributed by atoms with van der Waals surface area (Å²) in [4.78, 5) is 2.86. The van der Waals surface area contributed by atoms with E-state index in [0.29, 0.717) is 0 Å². The topological polar surface area (TPSA) is 15.3 Å². The van der Waals surface area contributed by atoms with Crippen LogP contribution in [0.25, 0.3) is 0 Å². The molecule has 0 aromatic heterocycles. The zero-order valence-electron chi connectivity index (χ0n) is 12.2. The lowest BCUT2D eigenvalue weighted by molar-refractivity contribution is 0.187. The molecule has 3 aliphatic rings.